The van der Waals surface area contributed by atoms with Gasteiger partial charge in [-0.3, -0.25) is 9.20 Å². The number of aromatic nitrogens is 4. The molecule has 0 aromatic carbocycles. The lowest BCUT2D eigenvalue weighted by Gasteiger charge is -2.07. The summed E-state index contributed by atoms with van der Waals surface area (Å²) in [5.74, 6) is -0.315. The van der Waals surface area contributed by atoms with Crippen molar-refractivity contribution in [3.63, 3.8) is 0 Å². The molecule has 0 unspecified atom stereocenters. The fourth-order valence-electron chi connectivity index (χ4n) is 1.37. The standard InChI is InChI=1S/C10H12ClN5O3/c1-18-2-3-19-5-8(17)14-7-4-12-10(11)16-6-13-15-9(7)16/h4,6H,2-3,5H2,1H3,(H,14,17). The fourth-order valence-corrected chi connectivity index (χ4v) is 1.55. The van der Waals surface area contributed by atoms with Gasteiger partial charge >= 0.3 is 0 Å². The van der Waals surface area contributed by atoms with Crippen molar-refractivity contribution in [1.29, 1.82) is 0 Å². The molecule has 0 radical (unpaired) electrons. The Morgan fingerprint density at radius 1 is 1.53 bits per heavy atom. The topological polar surface area (TPSA) is 90.6 Å². The number of ether oxygens (including phenoxy) is 2. The van der Waals surface area contributed by atoms with Gasteiger partial charge < -0.3 is 14.8 Å². The molecule has 0 saturated carbocycles. The lowest BCUT2D eigenvalue weighted by atomic mass is 10.4. The van der Waals surface area contributed by atoms with E-state index in [9.17, 15) is 4.79 Å². The molecule has 0 saturated heterocycles. The number of carbonyl (C=O) groups excluding carboxylic acids is 1. The molecule has 0 aliphatic rings. The monoisotopic (exact) mass is 285 g/mol. The second-order valence-electron chi connectivity index (χ2n) is 3.56. The molecule has 1 amide bonds. The maximum absolute atomic E-state index is 11.6. The van der Waals surface area contributed by atoms with E-state index in [1.807, 2.05) is 0 Å². The summed E-state index contributed by atoms with van der Waals surface area (Å²) in [5, 5.41) is 10.4. The zero-order chi connectivity index (χ0) is 13.7. The van der Waals surface area contributed by atoms with Crippen molar-refractivity contribution in [3.05, 3.63) is 17.8 Å². The molecule has 9 heteroatoms. The summed E-state index contributed by atoms with van der Waals surface area (Å²) >= 11 is 5.85. The first-order valence-corrected chi connectivity index (χ1v) is 5.81. The van der Waals surface area contributed by atoms with Gasteiger partial charge in [-0.15, -0.1) is 10.2 Å². The van der Waals surface area contributed by atoms with Crippen LogP contribution in [0.25, 0.3) is 5.65 Å². The zero-order valence-electron chi connectivity index (χ0n) is 10.2. The van der Waals surface area contributed by atoms with E-state index in [1.165, 1.54) is 16.9 Å². The van der Waals surface area contributed by atoms with Crippen LogP contribution in [0.2, 0.25) is 5.28 Å². The number of anilines is 1. The molecule has 0 fully saturated rings. The van der Waals surface area contributed by atoms with E-state index in [-0.39, 0.29) is 17.8 Å². The molecule has 2 heterocycles. The maximum atomic E-state index is 11.6. The first-order valence-electron chi connectivity index (χ1n) is 5.43. The normalized spacial score (nSPS) is 10.8. The molecule has 2 aromatic heterocycles. The van der Waals surface area contributed by atoms with Crippen molar-refractivity contribution in [2.45, 2.75) is 0 Å². The van der Waals surface area contributed by atoms with E-state index < -0.39 is 0 Å². The highest BCUT2D eigenvalue weighted by Crippen LogP contribution is 2.16. The number of methoxy groups -OCH3 is 1. The van der Waals surface area contributed by atoms with Crippen LogP contribution in [-0.4, -0.2) is 52.4 Å². The molecule has 102 valence electrons. The third-order valence-electron chi connectivity index (χ3n) is 2.23. The van der Waals surface area contributed by atoms with Crippen LogP contribution >= 0.6 is 11.6 Å². The smallest absolute Gasteiger partial charge is 0.250 e. The third-order valence-corrected chi connectivity index (χ3v) is 2.51. The number of hydrogen-bond acceptors (Lipinski definition) is 6. The van der Waals surface area contributed by atoms with Crippen molar-refractivity contribution < 1.29 is 14.3 Å². The molecule has 0 spiro atoms. The van der Waals surface area contributed by atoms with Gasteiger partial charge in [0.05, 0.1) is 19.4 Å². The Labute approximate surface area is 113 Å². The van der Waals surface area contributed by atoms with Gasteiger partial charge in [-0.25, -0.2) is 4.98 Å². The minimum Gasteiger partial charge on any atom is -0.382 e. The van der Waals surface area contributed by atoms with Crippen LogP contribution in [-0.2, 0) is 14.3 Å². The molecule has 2 aromatic rings. The average molecular weight is 286 g/mol. The number of amides is 1. The number of halogens is 1. The molecule has 0 atom stereocenters. The van der Waals surface area contributed by atoms with Gasteiger partial charge in [0.1, 0.15) is 18.6 Å². The summed E-state index contributed by atoms with van der Waals surface area (Å²) in [7, 11) is 1.56. The van der Waals surface area contributed by atoms with E-state index in [1.54, 1.807) is 7.11 Å². The highest BCUT2D eigenvalue weighted by Gasteiger charge is 2.10. The molecule has 0 bridgehead atoms. The van der Waals surface area contributed by atoms with Gasteiger partial charge in [-0.05, 0) is 11.6 Å². The molecule has 2 rings (SSSR count). The largest absolute Gasteiger partial charge is 0.382 e. The number of nitrogens with one attached hydrogen (secondary N) is 1. The SMILES string of the molecule is COCCOCC(=O)Nc1cnc(Cl)n2cnnc12. The van der Waals surface area contributed by atoms with E-state index in [0.717, 1.165) is 0 Å². The first-order chi connectivity index (χ1) is 9.22. The number of fused-ring (bicyclic) bond motifs is 1. The molecule has 8 nitrogen and oxygen atoms in total. The van der Waals surface area contributed by atoms with E-state index in [2.05, 4.69) is 20.5 Å². The van der Waals surface area contributed by atoms with Crippen LogP contribution in [0.1, 0.15) is 0 Å². The maximum Gasteiger partial charge on any atom is 0.250 e. The molecule has 0 aliphatic carbocycles. The van der Waals surface area contributed by atoms with Gasteiger partial charge in [-0.1, -0.05) is 0 Å². The van der Waals surface area contributed by atoms with Gasteiger partial charge in [0, 0.05) is 7.11 Å². The van der Waals surface area contributed by atoms with Crippen molar-refractivity contribution in [3.8, 4) is 0 Å². The quantitative estimate of drug-likeness (QED) is 0.609. The van der Waals surface area contributed by atoms with Crippen molar-refractivity contribution in [1.82, 2.24) is 19.6 Å². The highest BCUT2D eigenvalue weighted by molar-refractivity contribution is 6.28. The van der Waals surface area contributed by atoms with Crippen molar-refractivity contribution in [2.24, 2.45) is 0 Å². The van der Waals surface area contributed by atoms with Crippen LogP contribution < -0.4 is 5.32 Å². The Morgan fingerprint density at radius 2 is 2.37 bits per heavy atom. The lowest BCUT2D eigenvalue weighted by Crippen LogP contribution is -2.20. The van der Waals surface area contributed by atoms with Gasteiger partial charge in [0.25, 0.3) is 5.91 Å². The zero-order valence-corrected chi connectivity index (χ0v) is 10.9. The minimum absolute atomic E-state index is 0.0771. The summed E-state index contributed by atoms with van der Waals surface area (Å²) in [6.45, 7) is 0.708. The summed E-state index contributed by atoms with van der Waals surface area (Å²) in [6, 6.07) is 0. The van der Waals surface area contributed by atoms with Crippen LogP contribution in [0.5, 0.6) is 0 Å². The van der Waals surface area contributed by atoms with E-state index in [4.69, 9.17) is 21.1 Å². The summed E-state index contributed by atoms with van der Waals surface area (Å²) in [4.78, 5) is 15.5. The second kappa shape index (κ2) is 6.41. The second-order valence-corrected chi connectivity index (χ2v) is 3.90. The average Bonchev–Trinajstić information content (AvgIpc) is 2.88. The number of nitrogens with zero attached hydrogens (tertiary/aromatic N) is 4. The molecule has 0 aliphatic heterocycles. The van der Waals surface area contributed by atoms with Crippen LogP contribution in [0.15, 0.2) is 12.5 Å². The van der Waals surface area contributed by atoms with Crippen LogP contribution in [0.4, 0.5) is 5.69 Å². The predicted octanol–water partition coefficient (Wildman–Crippen LogP) is 0.379. The third kappa shape index (κ3) is 3.37. The summed E-state index contributed by atoms with van der Waals surface area (Å²) in [5.41, 5.74) is 0.840. The number of rotatable bonds is 6. The predicted molar refractivity (Wildman–Crippen MR) is 67.1 cm³/mol. The molecular formula is C10H12ClN5O3. The summed E-state index contributed by atoms with van der Waals surface area (Å²) in [6.07, 6.45) is 2.83. The summed E-state index contributed by atoms with van der Waals surface area (Å²) < 4.78 is 11.4. The Morgan fingerprint density at radius 3 is 3.16 bits per heavy atom. The number of carbonyl (C=O) groups is 1. The van der Waals surface area contributed by atoms with E-state index >= 15 is 0 Å². The Bertz CT molecular complexity index is 573. The lowest BCUT2D eigenvalue weighted by molar-refractivity contribution is -0.121. The van der Waals surface area contributed by atoms with Crippen LogP contribution in [0.3, 0.4) is 0 Å². The minimum atomic E-state index is -0.315. The molecular weight excluding hydrogens is 274 g/mol. The Balaban J connectivity index is 1.99. The van der Waals surface area contributed by atoms with Crippen molar-refractivity contribution >= 4 is 28.8 Å². The first kappa shape index (κ1) is 13.7. The van der Waals surface area contributed by atoms with Gasteiger partial charge in [-0.2, -0.15) is 0 Å². The Kier molecular flexibility index (Phi) is 4.61. The highest BCUT2D eigenvalue weighted by atomic mass is 35.5. The van der Waals surface area contributed by atoms with Crippen molar-refractivity contribution in [2.75, 3.05) is 32.2 Å². The van der Waals surface area contributed by atoms with Crippen LogP contribution in [0, 0.1) is 0 Å². The van der Waals surface area contributed by atoms with E-state index in [0.29, 0.717) is 24.5 Å². The fraction of sp³-hybridized carbons (Fsp3) is 0.400. The van der Waals surface area contributed by atoms with Gasteiger partial charge in [0.2, 0.25) is 5.28 Å². The van der Waals surface area contributed by atoms with Gasteiger partial charge in [0.15, 0.2) is 5.65 Å². The number of hydrogen-bond donors (Lipinski definition) is 1. The molecule has 1 N–H and O–H groups in total. The molecule has 19 heavy (non-hydrogen) atoms. The Hall–Kier alpha value is -1.77.